The normalized spacial score (nSPS) is 22.8. The molecular formula is C8H12N2O2S2. The average molecular weight is 232 g/mol. The standard InChI is InChI=1S/C8H12N2O2S2/c9-14(11,12)8-4-3-7(13-8)6-2-1-5-10-6/h3-4,6,10H,1-2,5H2,(H2,9,11,12)/t6-/m0/s1. The van der Waals surface area contributed by atoms with Gasteiger partial charge < -0.3 is 5.32 Å². The van der Waals surface area contributed by atoms with Crippen LogP contribution in [0.4, 0.5) is 0 Å². The van der Waals surface area contributed by atoms with Crippen molar-refractivity contribution < 1.29 is 8.42 Å². The molecule has 1 aliphatic heterocycles. The van der Waals surface area contributed by atoms with Crippen LogP contribution in [-0.4, -0.2) is 15.0 Å². The maximum atomic E-state index is 11.0. The van der Waals surface area contributed by atoms with Crippen LogP contribution in [0.2, 0.25) is 0 Å². The SMILES string of the molecule is NS(=O)(=O)c1ccc([C@@H]2CCCN2)s1. The van der Waals surface area contributed by atoms with E-state index in [-0.39, 0.29) is 4.21 Å². The van der Waals surface area contributed by atoms with Gasteiger partial charge in [0.25, 0.3) is 0 Å². The van der Waals surface area contributed by atoms with Gasteiger partial charge in [-0.3, -0.25) is 0 Å². The largest absolute Gasteiger partial charge is 0.309 e. The Bertz CT molecular complexity index is 418. The van der Waals surface area contributed by atoms with Gasteiger partial charge in [-0.25, -0.2) is 13.6 Å². The second-order valence-electron chi connectivity index (χ2n) is 3.35. The number of hydrogen-bond acceptors (Lipinski definition) is 4. The van der Waals surface area contributed by atoms with Gasteiger partial charge in [-0.05, 0) is 31.5 Å². The Morgan fingerprint density at radius 2 is 2.29 bits per heavy atom. The van der Waals surface area contributed by atoms with Crippen molar-refractivity contribution in [1.82, 2.24) is 5.32 Å². The summed E-state index contributed by atoms with van der Waals surface area (Å²) >= 11 is 1.26. The molecule has 6 heteroatoms. The summed E-state index contributed by atoms with van der Waals surface area (Å²) in [5, 5.41) is 8.34. The van der Waals surface area contributed by atoms with Gasteiger partial charge >= 0.3 is 0 Å². The highest BCUT2D eigenvalue weighted by Crippen LogP contribution is 2.30. The van der Waals surface area contributed by atoms with Crippen LogP contribution in [-0.2, 0) is 10.0 Å². The van der Waals surface area contributed by atoms with E-state index in [1.54, 1.807) is 6.07 Å². The smallest absolute Gasteiger partial charge is 0.247 e. The van der Waals surface area contributed by atoms with Gasteiger partial charge in [-0.1, -0.05) is 0 Å². The van der Waals surface area contributed by atoms with Crippen LogP contribution in [0.15, 0.2) is 16.3 Å². The van der Waals surface area contributed by atoms with E-state index in [9.17, 15) is 8.42 Å². The van der Waals surface area contributed by atoms with E-state index in [1.165, 1.54) is 11.3 Å². The van der Waals surface area contributed by atoms with E-state index in [2.05, 4.69) is 5.32 Å². The van der Waals surface area contributed by atoms with Gasteiger partial charge in [-0.2, -0.15) is 0 Å². The van der Waals surface area contributed by atoms with Gasteiger partial charge in [0.15, 0.2) is 0 Å². The van der Waals surface area contributed by atoms with Crippen LogP contribution < -0.4 is 10.5 Å². The van der Waals surface area contributed by atoms with Crippen molar-refractivity contribution in [3.8, 4) is 0 Å². The van der Waals surface area contributed by atoms with E-state index in [0.717, 1.165) is 24.3 Å². The zero-order valence-electron chi connectivity index (χ0n) is 7.56. The minimum Gasteiger partial charge on any atom is -0.309 e. The van der Waals surface area contributed by atoms with Crippen LogP contribution in [0.5, 0.6) is 0 Å². The van der Waals surface area contributed by atoms with Crippen molar-refractivity contribution in [2.45, 2.75) is 23.1 Å². The Morgan fingerprint density at radius 1 is 1.50 bits per heavy atom. The van der Waals surface area contributed by atoms with Crippen molar-refractivity contribution in [3.63, 3.8) is 0 Å². The maximum absolute atomic E-state index is 11.0. The van der Waals surface area contributed by atoms with Gasteiger partial charge in [0.05, 0.1) is 0 Å². The zero-order chi connectivity index (χ0) is 10.2. The van der Waals surface area contributed by atoms with Crippen molar-refractivity contribution in [2.24, 2.45) is 5.14 Å². The third-order valence-electron chi connectivity index (χ3n) is 2.29. The summed E-state index contributed by atoms with van der Waals surface area (Å²) in [6.07, 6.45) is 2.22. The zero-order valence-corrected chi connectivity index (χ0v) is 9.20. The molecule has 3 N–H and O–H groups in total. The average Bonchev–Trinajstić information content (AvgIpc) is 2.73. The summed E-state index contributed by atoms with van der Waals surface area (Å²) in [7, 11) is -3.52. The second-order valence-corrected chi connectivity index (χ2v) is 6.25. The van der Waals surface area contributed by atoms with Crippen LogP contribution in [0, 0.1) is 0 Å². The fourth-order valence-corrected chi connectivity index (χ4v) is 3.46. The number of thiophene rings is 1. The third-order valence-corrected chi connectivity index (χ3v) is 4.92. The molecule has 78 valence electrons. The molecule has 0 bridgehead atoms. The Morgan fingerprint density at radius 3 is 2.79 bits per heavy atom. The molecule has 0 aromatic carbocycles. The molecule has 0 unspecified atom stereocenters. The molecule has 0 amide bonds. The molecule has 0 spiro atoms. The summed E-state index contributed by atoms with van der Waals surface area (Å²) in [5.41, 5.74) is 0. The van der Waals surface area contributed by atoms with E-state index in [1.807, 2.05) is 6.07 Å². The molecule has 0 radical (unpaired) electrons. The highest BCUT2D eigenvalue weighted by Gasteiger charge is 2.20. The van der Waals surface area contributed by atoms with E-state index < -0.39 is 10.0 Å². The lowest BCUT2D eigenvalue weighted by molar-refractivity contribution is 0.600. The first kappa shape index (κ1) is 10.1. The fraction of sp³-hybridized carbons (Fsp3) is 0.500. The molecule has 4 nitrogen and oxygen atoms in total. The molecule has 0 aliphatic carbocycles. The van der Waals surface area contributed by atoms with Crippen molar-refractivity contribution >= 4 is 21.4 Å². The molecule has 1 fully saturated rings. The molecule has 1 aliphatic rings. The second kappa shape index (κ2) is 3.62. The van der Waals surface area contributed by atoms with Crippen LogP contribution in [0.1, 0.15) is 23.8 Å². The first-order chi connectivity index (χ1) is 6.57. The third kappa shape index (κ3) is 1.98. The monoisotopic (exact) mass is 232 g/mol. The van der Waals surface area contributed by atoms with Crippen LogP contribution in [0.25, 0.3) is 0 Å². The predicted molar refractivity (Wildman–Crippen MR) is 55.7 cm³/mol. The maximum Gasteiger partial charge on any atom is 0.247 e. The van der Waals surface area contributed by atoms with E-state index in [0.29, 0.717) is 6.04 Å². The lowest BCUT2D eigenvalue weighted by Crippen LogP contribution is -2.11. The summed E-state index contributed by atoms with van der Waals surface area (Å²) in [5.74, 6) is 0. The molecule has 2 rings (SSSR count). The Labute approximate surface area is 87.2 Å². The Kier molecular flexibility index (Phi) is 2.61. The van der Waals surface area contributed by atoms with Crippen molar-refractivity contribution in [2.75, 3.05) is 6.54 Å². The quantitative estimate of drug-likeness (QED) is 0.793. The van der Waals surface area contributed by atoms with Gasteiger partial charge in [0.2, 0.25) is 10.0 Å². The molecule has 2 heterocycles. The first-order valence-electron chi connectivity index (χ1n) is 4.43. The number of nitrogens with two attached hydrogens (primary N) is 1. The van der Waals surface area contributed by atoms with Gasteiger partial charge in [0, 0.05) is 10.9 Å². The van der Waals surface area contributed by atoms with E-state index >= 15 is 0 Å². The van der Waals surface area contributed by atoms with Gasteiger partial charge in [-0.15, -0.1) is 11.3 Å². The number of sulfonamides is 1. The molecule has 14 heavy (non-hydrogen) atoms. The first-order valence-corrected chi connectivity index (χ1v) is 6.79. The molecule has 1 atom stereocenters. The summed E-state index contributed by atoms with van der Waals surface area (Å²) in [6.45, 7) is 1.01. The molecule has 1 aromatic rings. The minimum atomic E-state index is -3.52. The number of primary sulfonamides is 1. The Balaban J connectivity index is 2.25. The highest BCUT2D eigenvalue weighted by atomic mass is 32.2. The number of hydrogen-bond donors (Lipinski definition) is 2. The van der Waals surface area contributed by atoms with Crippen molar-refractivity contribution in [3.05, 3.63) is 17.0 Å². The molecule has 1 saturated heterocycles. The van der Waals surface area contributed by atoms with Crippen molar-refractivity contribution in [1.29, 1.82) is 0 Å². The minimum absolute atomic E-state index is 0.251. The summed E-state index contributed by atoms with van der Waals surface area (Å²) in [6, 6.07) is 3.73. The molecule has 1 aromatic heterocycles. The van der Waals surface area contributed by atoms with Crippen LogP contribution in [0.3, 0.4) is 0 Å². The summed E-state index contributed by atoms with van der Waals surface area (Å²) < 4.78 is 22.3. The lowest BCUT2D eigenvalue weighted by atomic mass is 10.2. The number of nitrogens with one attached hydrogen (secondary N) is 1. The lowest BCUT2D eigenvalue weighted by Gasteiger charge is -2.05. The predicted octanol–water partition coefficient (Wildman–Crippen LogP) is 0.820. The van der Waals surface area contributed by atoms with Crippen LogP contribution >= 0.6 is 11.3 Å². The molecule has 0 saturated carbocycles. The summed E-state index contributed by atoms with van der Waals surface area (Å²) in [4.78, 5) is 1.06. The topological polar surface area (TPSA) is 72.2 Å². The number of rotatable bonds is 2. The fourth-order valence-electron chi connectivity index (χ4n) is 1.60. The van der Waals surface area contributed by atoms with E-state index in [4.69, 9.17) is 5.14 Å². The highest BCUT2D eigenvalue weighted by molar-refractivity contribution is 7.91. The van der Waals surface area contributed by atoms with Gasteiger partial charge in [0.1, 0.15) is 4.21 Å². The Hall–Kier alpha value is -0.430. The molecular weight excluding hydrogens is 220 g/mol.